The number of hydrogen-bond donors (Lipinski definition) is 2. The lowest BCUT2D eigenvalue weighted by atomic mass is 9.85. The smallest absolute Gasteiger partial charge is 0.237 e. The van der Waals surface area contributed by atoms with Crippen LogP contribution >= 0.6 is 12.2 Å². The number of nitrogens with two attached hydrogens (primary N) is 1. The van der Waals surface area contributed by atoms with Crippen LogP contribution in [0.2, 0.25) is 0 Å². The van der Waals surface area contributed by atoms with E-state index in [4.69, 9.17) is 22.7 Å². The normalized spacial score (nSPS) is 16.9. The second kappa shape index (κ2) is 6.33. The highest BCUT2D eigenvalue weighted by Gasteiger charge is 2.44. The van der Waals surface area contributed by atoms with Crippen LogP contribution in [-0.4, -0.2) is 18.0 Å². The molecular weight excluding hydrogens is 272 g/mol. The molecule has 0 atom stereocenters. The molecule has 0 unspecified atom stereocenters. The van der Waals surface area contributed by atoms with E-state index in [1.165, 1.54) is 0 Å². The Bertz CT molecular complexity index is 510. The molecule has 0 radical (unpaired) electrons. The third-order valence-electron chi connectivity index (χ3n) is 3.93. The molecule has 108 valence electrons. The molecule has 1 aliphatic carbocycles. The van der Waals surface area contributed by atoms with Crippen LogP contribution < -0.4 is 11.1 Å². The molecule has 0 bridgehead atoms. The van der Waals surface area contributed by atoms with Crippen molar-refractivity contribution in [2.45, 2.75) is 32.3 Å². The first-order valence-corrected chi connectivity index (χ1v) is 7.19. The topological polar surface area (TPSA) is 64.3 Å². The minimum atomic E-state index is -0.685. The van der Waals surface area contributed by atoms with Gasteiger partial charge in [0.05, 0.1) is 17.0 Å². The van der Waals surface area contributed by atoms with Gasteiger partial charge in [0.15, 0.2) is 0 Å². The van der Waals surface area contributed by atoms with Gasteiger partial charge in [0.25, 0.3) is 0 Å². The zero-order valence-corrected chi connectivity index (χ0v) is 12.5. The monoisotopic (exact) mass is 292 g/mol. The summed E-state index contributed by atoms with van der Waals surface area (Å²) in [5.41, 5.74) is 6.85. The molecule has 0 heterocycles. The lowest BCUT2D eigenvalue weighted by Crippen LogP contribution is -2.44. The molecule has 20 heavy (non-hydrogen) atoms. The standard InChI is InChI=1S/C15H20N2O2S/c1-19-10-11-6-2-3-7-12(11)17-14(18)15(13(16)20)8-4-5-9-15/h2-3,6-7H,4-5,8-10H2,1H3,(H2,16,20)(H,17,18). The molecule has 1 aromatic rings. The van der Waals surface area contributed by atoms with Gasteiger partial charge in [0, 0.05) is 18.4 Å². The molecule has 0 saturated heterocycles. The molecule has 5 heteroatoms. The predicted molar refractivity (Wildman–Crippen MR) is 83.5 cm³/mol. The number of methoxy groups -OCH3 is 1. The van der Waals surface area contributed by atoms with Crippen LogP contribution in [0.5, 0.6) is 0 Å². The molecule has 0 spiro atoms. The van der Waals surface area contributed by atoms with Gasteiger partial charge >= 0.3 is 0 Å². The van der Waals surface area contributed by atoms with E-state index in [0.717, 1.165) is 36.9 Å². The maximum absolute atomic E-state index is 12.6. The number of ether oxygens (including phenoxy) is 1. The summed E-state index contributed by atoms with van der Waals surface area (Å²) < 4.78 is 5.15. The van der Waals surface area contributed by atoms with Crippen LogP contribution in [0.4, 0.5) is 5.69 Å². The maximum atomic E-state index is 12.6. The van der Waals surface area contributed by atoms with Crippen molar-refractivity contribution in [2.24, 2.45) is 11.1 Å². The molecule has 3 N–H and O–H groups in total. The van der Waals surface area contributed by atoms with Crippen LogP contribution in [0.1, 0.15) is 31.2 Å². The van der Waals surface area contributed by atoms with Crippen molar-refractivity contribution in [2.75, 3.05) is 12.4 Å². The molecule has 1 saturated carbocycles. The number of rotatable bonds is 5. The maximum Gasteiger partial charge on any atom is 0.237 e. The molecular formula is C15H20N2O2S. The van der Waals surface area contributed by atoms with Crippen LogP contribution in [-0.2, 0) is 16.1 Å². The van der Waals surface area contributed by atoms with Gasteiger partial charge in [0.1, 0.15) is 0 Å². The Kier molecular flexibility index (Phi) is 4.73. The van der Waals surface area contributed by atoms with Crippen molar-refractivity contribution in [3.8, 4) is 0 Å². The van der Waals surface area contributed by atoms with Crippen molar-refractivity contribution < 1.29 is 9.53 Å². The van der Waals surface area contributed by atoms with Crippen molar-refractivity contribution in [3.05, 3.63) is 29.8 Å². The van der Waals surface area contributed by atoms with E-state index >= 15 is 0 Å². The molecule has 4 nitrogen and oxygen atoms in total. The number of amides is 1. The van der Waals surface area contributed by atoms with E-state index in [2.05, 4.69) is 5.32 Å². The lowest BCUT2D eigenvalue weighted by Gasteiger charge is -2.26. The summed E-state index contributed by atoms with van der Waals surface area (Å²) in [7, 11) is 1.63. The van der Waals surface area contributed by atoms with Gasteiger partial charge in [0.2, 0.25) is 5.91 Å². The molecule has 0 aromatic heterocycles. The van der Waals surface area contributed by atoms with Gasteiger partial charge in [-0.1, -0.05) is 43.3 Å². The Morgan fingerprint density at radius 2 is 2.05 bits per heavy atom. The summed E-state index contributed by atoms with van der Waals surface area (Å²) >= 11 is 5.14. The highest BCUT2D eigenvalue weighted by atomic mass is 32.1. The summed E-state index contributed by atoms with van der Waals surface area (Å²) in [6.07, 6.45) is 3.45. The summed E-state index contributed by atoms with van der Waals surface area (Å²) in [5, 5.41) is 2.97. The van der Waals surface area contributed by atoms with Crippen molar-refractivity contribution in [1.29, 1.82) is 0 Å². The number of thiocarbonyl (C=S) groups is 1. The lowest BCUT2D eigenvalue weighted by molar-refractivity contribution is -0.122. The van der Waals surface area contributed by atoms with Crippen molar-refractivity contribution >= 4 is 28.8 Å². The molecule has 1 aliphatic rings. The van der Waals surface area contributed by atoms with E-state index in [0.29, 0.717) is 11.6 Å². The quantitative estimate of drug-likeness (QED) is 0.819. The number of anilines is 1. The Labute approximate surface area is 124 Å². The number of nitrogens with one attached hydrogen (secondary N) is 1. The minimum Gasteiger partial charge on any atom is -0.392 e. The van der Waals surface area contributed by atoms with Crippen molar-refractivity contribution in [1.82, 2.24) is 0 Å². The van der Waals surface area contributed by atoms with Crippen LogP contribution in [0.15, 0.2) is 24.3 Å². The van der Waals surface area contributed by atoms with Crippen LogP contribution in [0.3, 0.4) is 0 Å². The van der Waals surface area contributed by atoms with Gasteiger partial charge < -0.3 is 15.8 Å². The fourth-order valence-corrected chi connectivity index (χ4v) is 3.03. The van der Waals surface area contributed by atoms with E-state index < -0.39 is 5.41 Å². The van der Waals surface area contributed by atoms with Gasteiger partial charge in [-0.2, -0.15) is 0 Å². The van der Waals surface area contributed by atoms with Crippen molar-refractivity contribution in [3.63, 3.8) is 0 Å². The first-order valence-electron chi connectivity index (χ1n) is 6.78. The Morgan fingerprint density at radius 3 is 2.65 bits per heavy atom. The Hall–Kier alpha value is -1.46. The van der Waals surface area contributed by atoms with Gasteiger partial charge in [-0.25, -0.2) is 0 Å². The average molecular weight is 292 g/mol. The number of carbonyl (C=O) groups excluding carboxylic acids is 1. The van der Waals surface area contributed by atoms with E-state index in [-0.39, 0.29) is 5.91 Å². The number of carbonyl (C=O) groups is 1. The van der Waals surface area contributed by atoms with E-state index in [1.807, 2.05) is 24.3 Å². The second-order valence-electron chi connectivity index (χ2n) is 5.20. The summed E-state index contributed by atoms with van der Waals surface area (Å²) in [6, 6.07) is 7.61. The summed E-state index contributed by atoms with van der Waals surface area (Å²) in [6.45, 7) is 0.455. The Morgan fingerprint density at radius 1 is 1.40 bits per heavy atom. The zero-order chi connectivity index (χ0) is 14.6. The molecule has 2 rings (SSSR count). The van der Waals surface area contributed by atoms with Crippen LogP contribution in [0, 0.1) is 5.41 Å². The van der Waals surface area contributed by atoms with Crippen LogP contribution in [0.25, 0.3) is 0 Å². The number of para-hydroxylation sites is 1. The fourth-order valence-electron chi connectivity index (χ4n) is 2.73. The second-order valence-corrected chi connectivity index (χ2v) is 5.64. The largest absolute Gasteiger partial charge is 0.392 e. The average Bonchev–Trinajstić information content (AvgIpc) is 2.92. The molecule has 1 amide bonds. The molecule has 1 fully saturated rings. The molecule has 1 aromatic carbocycles. The third kappa shape index (κ3) is 2.83. The fraction of sp³-hybridized carbons (Fsp3) is 0.467. The van der Waals surface area contributed by atoms with E-state index in [9.17, 15) is 4.79 Å². The first-order chi connectivity index (χ1) is 9.60. The number of hydrogen-bond acceptors (Lipinski definition) is 3. The third-order valence-corrected chi connectivity index (χ3v) is 4.32. The van der Waals surface area contributed by atoms with Gasteiger partial charge in [-0.05, 0) is 18.9 Å². The summed E-state index contributed by atoms with van der Waals surface area (Å²) in [4.78, 5) is 12.9. The zero-order valence-electron chi connectivity index (χ0n) is 11.6. The Balaban J connectivity index is 2.21. The van der Waals surface area contributed by atoms with Gasteiger partial charge in [-0.3, -0.25) is 4.79 Å². The SMILES string of the molecule is COCc1ccccc1NC(=O)C1(C(N)=S)CCCC1. The minimum absolute atomic E-state index is 0.0916. The predicted octanol–water partition coefficient (Wildman–Crippen LogP) is 2.62. The van der Waals surface area contributed by atoms with Gasteiger partial charge in [-0.15, -0.1) is 0 Å². The number of benzene rings is 1. The van der Waals surface area contributed by atoms with E-state index in [1.54, 1.807) is 7.11 Å². The summed E-state index contributed by atoms with van der Waals surface area (Å²) in [5.74, 6) is -0.0916. The molecule has 0 aliphatic heterocycles. The first kappa shape index (κ1) is 14.9. The highest BCUT2D eigenvalue weighted by molar-refractivity contribution is 7.80. The highest BCUT2D eigenvalue weighted by Crippen LogP contribution is 2.39.